The summed E-state index contributed by atoms with van der Waals surface area (Å²) < 4.78 is 18.9. The molecule has 0 aliphatic carbocycles. The van der Waals surface area contributed by atoms with Gasteiger partial charge in [-0.2, -0.15) is 0 Å². The largest absolute Gasteiger partial charge is 0.374 e. The average molecular weight is 289 g/mol. The molecule has 1 fully saturated rings. The van der Waals surface area contributed by atoms with E-state index in [0.717, 1.165) is 5.56 Å². The van der Waals surface area contributed by atoms with Crippen molar-refractivity contribution in [3.05, 3.63) is 53.9 Å². The minimum absolute atomic E-state index is 0.0833. The molecular weight excluding hydrogens is 273 g/mol. The van der Waals surface area contributed by atoms with Crippen molar-refractivity contribution >= 4 is 5.91 Å². The quantitative estimate of drug-likeness (QED) is 0.934. The van der Waals surface area contributed by atoms with Gasteiger partial charge in [-0.1, -0.05) is 12.1 Å². The van der Waals surface area contributed by atoms with Crippen LogP contribution in [0, 0.1) is 5.82 Å². The number of rotatable bonds is 3. The van der Waals surface area contributed by atoms with Gasteiger partial charge < -0.3 is 14.6 Å². The molecule has 1 amide bonds. The number of ether oxygens (including phenoxy) is 1. The number of halogens is 1. The fourth-order valence-electron chi connectivity index (χ4n) is 2.50. The molecule has 21 heavy (non-hydrogen) atoms. The van der Waals surface area contributed by atoms with Crippen LogP contribution in [-0.2, 0) is 11.2 Å². The van der Waals surface area contributed by atoms with Crippen LogP contribution in [0.15, 0.2) is 36.8 Å². The maximum Gasteiger partial charge on any atom is 0.272 e. The molecule has 1 aromatic carbocycles. The Labute approximate surface area is 121 Å². The molecule has 6 heteroatoms. The molecule has 2 aromatic rings. The van der Waals surface area contributed by atoms with E-state index in [4.69, 9.17) is 4.74 Å². The van der Waals surface area contributed by atoms with Crippen molar-refractivity contribution in [2.45, 2.75) is 12.5 Å². The van der Waals surface area contributed by atoms with E-state index < -0.39 is 0 Å². The zero-order valence-corrected chi connectivity index (χ0v) is 11.5. The smallest absolute Gasteiger partial charge is 0.272 e. The number of morpholine rings is 1. The molecule has 110 valence electrons. The number of amides is 1. The molecule has 0 spiro atoms. The van der Waals surface area contributed by atoms with E-state index in [1.807, 2.05) is 6.07 Å². The summed E-state index contributed by atoms with van der Waals surface area (Å²) in [6.07, 6.45) is 3.47. The van der Waals surface area contributed by atoms with Crippen molar-refractivity contribution < 1.29 is 13.9 Å². The fourth-order valence-corrected chi connectivity index (χ4v) is 2.50. The third-order valence-corrected chi connectivity index (χ3v) is 3.51. The van der Waals surface area contributed by atoms with Gasteiger partial charge in [-0.05, 0) is 17.7 Å². The Kier molecular flexibility index (Phi) is 3.96. The van der Waals surface area contributed by atoms with E-state index in [0.29, 0.717) is 31.8 Å². The van der Waals surface area contributed by atoms with Crippen LogP contribution in [0.2, 0.25) is 0 Å². The minimum Gasteiger partial charge on any atom is -0.374 e. The van der Waals surface area contributed by atoms with Crippen LogP contribution in [0.25, 0.3) is 0 Å². The second-order valence-corrected chi connectivity index (χ2v) is 5.04. The van der Waals surface area contributed by atoms with E-state index >= 15 is 0 Å². The van der Waals surface area contributed by atoms with Gasteiger partial charge in [-0.3, -0.25) is 4.79 Å². The second-order valence-electron chi connectivity index (χ2n) is 5.04. The SMILES string of the molecule is O=C(c1cnc[nH]1)N1CCO[C@@H](Cc2cccc(F)c2)C1. The molecular formula is C15H16FN3O2. The van der Waals surface area contributed by atoms with Crippen molar-refractivity contribution in [3.63, 3.8) is 0 Å². The second kappa shape index (κ2) is 6.05. The summed E-state index contributed by atoms with van der Waals surface area (Å²) in [5.74, 6) is -0.339. The van der Waals surface area contributed by atoms with E-state index in [2.05, 4.69) is 9.97 Å². The molecule has 1 N–H and O–H groups in total. The lowest BCUT2D eigenvalue weighted by molar-refractivity contribution is -0.0210. The molecule has 1 aliphatic heterocycles. The average Bonchev–Trinajstić information content (AvgIpc) is 3.01. The van der Waals surface area contributed by atoms with Crippen LogP contribution in [0.3, 0.4) is 0 Å². The van der Waals surface area contributed by atoms with Gasteiger partial charge in [-0.15, -0.1) is 0 Å². The highest BCUT2D eigenvalue weighted by Gasteiger charge is 2.25. The Bertz CT molecular complexity index is 615. The molecule has 0 unspecified atom stereocenters. The van der Waals surface area contributed by atoms with Crippen LogP contribution in [0.5, 0.6) is 0 Å². The number of hydrogen-bond donors (Lipinski definition) is 1. The Morgan fingerprint density at radius 2 is 2.43 bits per heavy atom. The molecule has 0 bridgehead atoms. The lowest BCUT2D eigenvalue weighted by atomic mass is 10.1. The summed E-state index contributed by atoms with van der Waals surface area (Å²) in [4.78, 5) is 20.7. The van der Waals surface area contributed by atoms with Gasteiger partial charge in [0.1, 0.15) is 11.5 Å². The third kappa shape index (κ3) is 3.28. The highest BCUT2D eigenvalue weighted by molar-refractivity contribution is 5.92. The normalized spacial score (nSPS) is 18.7. The number of nitrogens with one attached hydrogen (secondary N) is 1. The van der Waals surface area contributed by atoms with Crippen LogP contribution in [0.4, 0.5) is 4.39 Å². The molecule has 1 aliphatic rings. The Morgan fingerprint density at radius 3 is 3.19 bits per heavy atom. The van der Waals surface area contributed by atoms with Crippen LogP contribution < -0.4 is 0 Å². The molecule has 3 rings (SSSR count). The van der Waals surface area contributed by atoms with Crippen molar-refractivity contribution in [1.29, 1.82) is 0 Å². The highest BCUT2D eigenvalue weighted by Crippen LogP contribution is 2.14. The van der Waals surface area contributed by atoms with E-state index in [1.165, 1.54) is 24.7 Å². The van der Waals surface area contributed by atoms with Gasteiger partial charge in [0.2, 0.25) is 0 Å². The zero-order chi connectivity index (χ0) is 14.7. The number of hydrogen-bond acceptors (Lipinski definition) is 3. The Hall–Kier alpha value is -2.21. The predicted molar refractivity (Wildman–Crippen MR) is 74.3 cm³/mol. The van der Waals surface area contributed by atoms with Gasteiger partial charge in [-0.25, -0.2) is 9.37 Å². The first-order valence-electron chi connectivity index (χ1n) is 6.86. The summed E-state index contributed by atoms with van der Waals surface area (Å²) in [6.45, 7) is 1.53. The molecule has 1 aromatic heterocycles. The molecule has 0 radical (unpaired) electrons. The monoisotopic (exact) mass is 289 g/mol. The first kappa shape index (κ1) is 13.8. The number of carbonyl (C=O) groups is 1. The maximum atomic E-state index is 13.2. The minimum atomic E-state index is -0.256. The van der Waals surface area contributed by atoms with Gasteiger partial charge in [0.05, 0.1) is 25.2 Å². The number of aromatic nitrogens is 2. The summed E-state index contributed by atoms with van der Waals surface area (Å²) >= 11 is 0. The number of H-pyrrole nitrogens is 1. The van der Waals surface area contributed by atoms with Crippen LogP contribution >= 0.6 is 0 Å². The van der Waals surface area contributed by atoms with Crippen molar-refractivity contribution in [1.82, 2.24) is 14.9 Å². The standard InChI is InChI=1S/C15H16FN3O2/c16-12-3-1-2-11(6-12)7-13-9-19(4-5-21-13)15(20)14-8-17-10-18-14/h1-3,6,8,10,13H,4-5,7,9H2,(H,17,18)/t13-/m0/s1. The van der Waals surface area contributed by atoms with Gasteiger partial charge in [0, 0.05) is 19.5 Å². The molecule has 2 heterocycles. The van der Waals surface area contributed by atoms with E-state index in [1.54, 1.807) is 11.0 Å². The number of carbonyl (C=O) groups excluding carboxylic acids is 1. The van der Waals surface area contributed by atoms with Gasteiger partial charge in [0.15, 0.2) is 0 Å². The summed E-state index contributed by atoms with van der Waals surface area (Å²) in [5, 5.41) is 0. The third-order valence-electron chi connectivity index (χ3n) is 3.51. The molecule has 0 saturated carbocycles. The van der Waals surface area contributed by atoms with E-state index in [-0.39, 0.29) is 17.8 Å². The number of nitrogens with zero attached hydrogens (tertiary/aromatic N) is 2. The first-order chi connectivity index (χ1) is 10.2. The molecule has 5 nitrogen and oxygen atoms in total. The first-order valence-corrected chi connectivity index (χ1v) is 6.86. The highest BCUT2D eigenvalue weighted by atomic mass is 19.1. The maximum absolute atomic E-state index is 13.2. The Morgan fingerprint density at radius 1 is 1.52 bits per heavy atom. The fraction of sp³-hybridized carbons (Fsp3) is 0.333. The number of benzene rings is 1. The lowest BCUT2D eigenvalue weighted by Gasteiger charge is -2.32. The summed E-state index contributed by atoms with van der Waals surface area (Å²) in [5.41, 5.74) is 1.34. The zero-order valence-electron chi connectivity index (χ0n) is 11.5. The van der Waals surface area contributed by atoms with Crippen molar-refractivity contribution in [2.24, 2.45) is 0 Å². The van der Waals surface area contributed by atoms with Crippen molar-refractivity contribution in [2.75, 3.05) is 19.7 Å². The predicted octanol–water partition coefficient (Wildman–Crippen LogP) is 1.63. The van der Waals surface area contributed by atoms with Crippen LogP contribution in [-0.4, -0.2) is 46.6 Å². The Balaban J connectivity index is 1.64. The van der Waals surface area contributed by atoms with Crippen LogP contribution in [0.1, 0.15) is 16.1 Å². The topological polar surface area (TPSA) is 58.2 Å². The van der Waals surface area contributed by atoms with Gasteiger partial charge in [0.25, 0.3) is 5.91 Å². The van der Waals surface area contributed by atoms with Crippen molar-refractivity contribution in [3.8, 4) is 0 Å². The summed E-state index contributed by atoms with van der Waals surface area (Å²) in [7, 11) is 0. The number of imidazole rings is 1. The number of aromatic amines is 1. The molecule has 1 atom stereocenters. The summed E-state index contributed by atoms with van der Waals surface area (Å²) in [6, 6.07) is 6.46. The molecule has 1 saturated heterocycles. The lowest BCUT2D eigenvalue weighted by Crippen LogP contribution is -2.46. The van der Waals surface area contributed by atoms with E-state index in [9.17, 15) is 9.18 Å². The van der Waals surface area contributed by atoms with Gasteiger partial charge >= 0.3 is 0 Å².